The van der Waals surface area contributed by atoms with Crippen molar-refractivity contribution in [2.45, 2.75) is 65.1 Å². The molecule has 0 spiro atoms. The molecule has 0 unspecified atom stereocenters. The molecular formula is C33H45N5O. The minimum atomic E-state index is -0.0710. The molecule has 1 fully saturated rings. The molecule has 39 heavy (non-hydrogen) atoms. The third-order valence-corrected chi connectivity index (χ3v) is 8.13. The van der Waals surface area contributed by atoms with E-state index in [-0.39, 0.29) is 5.91 Å². The van der Waals surface area contributed by atoms with E-state index in [9.17, 15) is 4.79 Å². The van der Waals surface area contributed by atoms with Crippen molar-refractivity contribution in [2.75, 3.05) is 32.6 Å². The first-order chi connectivity index (χ1) is 18.5. The number of hydrogen-bond donors (Lipinski definition) is 3. The quantitative estimate of drug-likeness (QED) is 0.423. The number of amides is 1. The summed E-state index contributed by atoms with van der Waals surface area (Å²) in [5, 5.41) is 6.46. The average molecular weight is 528 g/mol. The number of carbonyl (C=O) groups excluding carboxylic acids is 1. The molecule has 6 heteroatoms. The van der Waals surface area contributed by atoms with Crippen LogP contribution in [0.15, 0.2) is 71.6 Å². The van der Waals surface area contributed by atoms with Gasteiger partial charge in [0.05, 0.1) is 0 Å². The first-order valence-electron chi connectivity index (χ1n) is 14.0. The summed E-state index contributed by atoms with van der Waals surface area (Å²) in [5.74, 6) is -0.0710. The van der Waals surface area contributed by atoms with Gasteiger partial charge in [0.1, 0.15) is 0 Å². The Bertz CT molecular complexity index is 1280. The Kier molecular flexibility index (Phi) is 8.98. The molecule has 2 aromatic rings. The molecule has 4 N–H and O–H groups in total. The molecule has 1 aliphatic carbocycles. The van der Waals surface area contributed by atoms with Crippen LogP contribution in [0, 0.1) is 6.92 Å². The van der Waals surface area contributed by atoms with Gasteiger partial charge in [0.2, 0.25) is 0 Å². The predicted octanol–water partition coefficient (Wildman–Crippen LogP) is 5.50. The molecule has 1 saturated carbocycles. The van der Waals surface area contributed by atoms with Crippen molar-refractivity contribution >= 4 is 11.6 Å². The fourth-order valence-corrected chi connectivity index (χ4v) is 5.83. The number of nitrogens with two attached hydrogens (primary N) is 1. The number of carbonyl (C=O) groups is 1. The van der Waals surface area contributed by atoms with E-state index in [1.54, 1.807) is 0 Å². The van der Waals surface area contributed by atoms with Gasteiger partial charge in [0, 0.05) is 54.9 Å². The minimum Gasteiger partial charge on any atom is -0.371 e. The van der Waals surface area contributed by atoms with Crippen molar-refractivity contribution in [2.24, 2.45) is 5.73 Å². The van der Waals surface area contributed by atoms with Crippen LogP contribution in [0.25, 0.3) is 11.1 Å². The van der Waals surface area contributed by atoms with Gasteiger partial charge < -0.3 is 26.2 Å². The van der Waals surface area contributed by atoms with Crippen LogP contribution in [0.3, 0.4) is 0 Å². The number of rotatable bonds is 8. The largest absolute Gasteiger partial charge is 0.371 e. The lowest BCUT2D eigenvalue weighted by Gasteiger charge is -2.36. The second kappa shape index (κ2) is 12.2. The van der Waals surface area contributed by atoms with Crippen molar-refractivity contribution in [3.8, 4) is 11.1 Å². The second-order valence-electron chi connectivity index (χ2n) is 11.6. The highest BCUT2D eigenvalue weighted by molar-refractivity contribution is 5.99. The average Bonchev–Trinajstić information content (AvgIpc) is 2.88. The van der Waals surface area contributed by atoms with Crippen molar-refractivity contribution in [3.05, 3.63) is 88.3 Å². The monoisotopic (exact) mass is 527 g/mol. The molecule has 0 bridgehead atoms. The van der Waals surface area contributed by atoms with E-state index in [0.717, 1.165) is 77.1 Å². The summed E-state index contributed by atoms with van der Waals surface area (Å²) in [7, 11) is 6.31. The molecule has 1 amide bonds. The van der Waals surface area contributed by atoms with Crippen LogP contribution in [0.5, 0.6) is 0 Å². The van der Waals surface area contributed by atoms with Crippen molar-refractivity contribution < 1.29 is 4.79 Å². The topological polar surface area (TPSA) is 73.6 Å². The van der Waals surface area contributed by atoms with E-state index >= 15 is 0 Å². The molecule has 0 aromatic heterocycles. The summed E-state index contributed by atoms with van der Waals surface area (Å²) in [6.07, 6.45) is 6.30. The molecule has 4 rings (SSSR count). The van der Waals surface area contributed by atoms with Crippen LogP contribution < -0.4 is 21.3 Å². The number of hydrogen-bond acceptors (Lipinski definition) is 5. The van der Waals surface area contributed by atoms with E-state index in [1.165, 1.54) is 5.56 Å². The van der Waals surface area contributed by atoms with E-state index in [2.05, 4.69) is 98.4 Å². The predicted molar refractivity (Wildman–Crippen MR) is 164 cm³/mol. The van der Waals surface area contributed by atoms with Crippen LogP contribution in [-0.2, 0) is 6.54 Å². The Morgan fingerprint density at radius 3 is 2.31 bits per heavy atom. The zero-order valence-electron chi connectivity index (χ0n) is 24.5. The highest BCUT2D eigenvalue weighted by Gasteiger charge is 2.25. The Morgan fingerprint density at radius 2 is 1.69 bits per heavy atom. The van der Waals surface area contributed by atoms with E-state index in [4.69, 9.17) is 5.73 Å². The van der Waals surface area contributed by atoms with Crippen molar-refractivity contribution in [1.29, 1.82) is 0 Å². The number of allylic oxidation sites excluding steroid dienone is 3. The number of anilines is 1. The molecule has 1 aliphatic heterocycles. The summed E-state index contributed by atoms with van der Waals surface area (Å²) >= 11 is 0. The summed E-state index contributed by atoms with van der Waals surface area (Å²) in [6.45, 7) is 11.6. The number of dihydropyridines is 1. The molecule has 1 heterocycles. The summed E-state index contributed by atoms with van der Waals surface area (Å²) in [4.78, 5) is 18.2. The standard InChI is InChI=1S/C33H45N5O/c1-21-16-22(2)36-24(4)31(21)19-35-33(39)30-17-27(26-10-8-25(9-11-26)20-37(5)6)18-32(23(30)3)38(7)29-14-12-28(34)13-15-29/h8-11,16-18,28-29,36H,4,12-15,19-20,34H2,1-3,5-7H3,(H,35,39)/t28-,29-. The SMILES string of the molecule is C=C1NC(C)=CC(C)=C1CNC(=O)c1cc(-c2ccc(CN(C)C)cc2)cc(N(C)[C@H]2CC[C@H](N)CC2)c1C. The highest BCUT2D eigenvalue weighted by Crippen LogP contribution is 2.34. The lowest BCUT2D eigenvalue weighted by molar-refractivity contribution is 0.0956. The third-order valence-electron chi connectivity index (χ3n) is 8.13. The van der Waals surface area contributed by atoms with Gasteiger partial charge in [-0.15, -0.1) is 0 Å². The van der Waals surface area contributed by atoms with E-state index in [0.29, 0.717) is 24.2 Å². The zero-order chi connectivity index (χ0) is 28.3. The molecule has 0 atom stereocenters. The van der Waals surface area contributed by atoms with Crippen LogP contribution in [-0.4, -0.2) is 50.6 Å². The molecular weight excluding hydrogens is 482 g/mol. The van der Waals surface area contributed by atoms with Gasteiger partial charge in [-0.2, -0.15) is 0 Å². The lowest BCUT2D eigenvalue weighted by atomic mass is 9.89. The number of nitrogens with one attached hydrogen (secondary N) is 2. The van der Waals surface area contributed by atoms with Crippen LogP contribution in [0.4, 0.5) is 5.69 Å². The molecule has 208 valence electrons. The Balaban J connectivity index is 1.67. The van der Waals surface area contributed by atoms with Gasteiger partial charge in [-0.1, -0.05) is 30.8 Å². The zero-order valence-corrected chi connectivity index (χ0v) is 24.5. The van der Waals surface area contributed by atoms with E-state index in [1.807, 2.05) is 13.0 Å². The highest BCUT2D eigenvalue weighted by atomic mass is 16.1. The van der Waals surface area contributed by atoms with Gasteiger partial charge in [0.15, 0.2) is 0 Å². The number of benzene rings is 2. The molecule has 0 radical (unpaired) electrons. The maximum Gasteiger partial charge on any atom is 0.251 e. The maximum atomic E-state index is 13.7. The first kappa shape index (κ1) is 28.7. The fourth-order valence-electron chi connectivity index (χ4n) is 5.83. The second-order valence-corrected chi connectivity index (χ2v) is 11.6. The normalized spacial score (nSPS) is 19.6. The smallest absolute Gasteiger partial charge is 0.251 e. The Hall–Kier alpha value is -3.35. The first-order valence-corrected chi connectivity index (χ1v) is 14.0. The molecule has 2 aromatic carbocycles. The Morgan fingerprint density at radius 1 is 1.03 bits per heavy atom. The minimum absolute atomic E-state index is 0.0710. The van der Waals surface area contributed by atoms with Gasteiger partial charge in [-0.3, -0.25) is 4.79 Å². The summed E-state index contributed by atoms with van der Waals surface area (Å²) in [6, 6.07) is 13.7. The van der Waals surface area contributed by atoms with Crippen LogP contribution in [0.1, 0.15) is 61.0 Å². The van der Waals surface area contributed by atoms with Gasteiger partial charge in [0.25, 0.3) is 5.91 Å². The van der Waals surface area contributed by atoms with Gasteiger partial charge in [-0.25, -0.2) is 0 Å². The van der Waals surface area contributed by atoms with Crippen LogP contribution in [0.2, 0.25) is 0 Å². The lowest BCUT2D eigenvalue weighted by Crippen LogP contribution is -2.39. The molecule has 6 nitrogen and oxygen atoms in total. The van der Waals surface area contributed by atoms with Gasteiger partial charge >= 0.3 is 0 Å². The third kappa shape index (κ3) is 6.81. The summed E-state index contributed by atoms with van der Waals surface area (Å²) < 4.78 is 0. The van der Waals surface area contributed by atoms with Crippen LogP contribution >= 0.6 is 0 Å². The van der Waals surface area contributed by atoms with Crippen molar-refractivity contribution in [1.82, 2.24) is 15.5 Å². The van der Waals surface area contributed by atoms with Gasteiger partial charge in [-0.05, 0) is 112 Å². The maximum absolute atomic E-state index is 13.7. The Labute approximate surface area is 234 Å². The molecule has 2 aliphatic rings. The fraction of sp³-hybridized carbons (Fsp3) is 0.424. The summed E-state index contributed by atoms with van der Waals surface area (Å²) in [5.41, 5.74) is 16.5. The number of nitrogens with zero attached hydrogens (tertiary/aromatic N) is 2. The van der Waals surface area contributed by atoms with Crippen molar-refractivity contribution in [3.63, 3.8) is 0 Å². The van der Waals surface area contributed by atoms with E-state index < -0.39 is 0 Å². The molecule has 0 saturated heterocycles.